The molecule has 7 heteroatoms. The molecule has 0 aromatic heterocycles. The average molecular weight is 362 g/mol. The third-order valence-electron chi connectivity index (χ3n) is 5.07. The van der Waals surface area contributed by atoms with Gasteiger partial charge in [0, 0.05) is 25.9 Å². The van der Waals surface area contributed by atoms with Gasteiger partial charge < -0.3 is 24.4 Å². The predicted molar refractivity (Wildman–Crippen MR) is 96.1 cm³/mol. The number of nitrogens with one attached hydrogen (secondary N) is 1. The number of methoxy groups -OCH3 is 1. The molecule has 1 aliphatic heterocycles. The minimum atomic E-state index is -0.792. The van der Waals surface area contributed by atoms with Crippen LogP contribution in [0.1, 0.15) is 19.8 Å². The summed E-state index contributed by atoms with van der Waals surface area (Å²) in [5, 5.41) is 2.89. The summed E-state index contributed by atoms with van der Waals surface area (Å²) in [6.45, 7) is 4.17. The molecule has 1 heterocycles. The van der Waals surface area contributed by atoms with Gasteiger partial charge in [-0.15, -0.1) is 0 Å². The quantitative estimate of drug-likeness (QED) is 0.799. The van der Waals surface area contributed by atoms with E-state index < -0.39 is 5.60 Å². The van der Waals surface area contributed by atoms with Crippen LogP contribution in [0.25, 0.3) is 0 Å². The molecule has 2 aliphatic rings. The Labute approximate surface area is 153 Å². The second-order valence-electron chi connectivity index (χ2n) is 6.85. The summed E-state index contributed by atoms with van der Waals surface area (Å²) in [5.74, 6) is 0.673. The zero-order chi connectivity index (χ0) is 18.6. The lowest BCUT2D eigenvalue weighted by molar-refractivity contribution is -0.138. The van der Waals surface area contributed by atoms with Gasteiger partial charge in [0.2, 0.25) is 0 Å². The van der Waals surface area contributed by atoms with Crippen LogP contribution in [-0.2, 0) is 19.1 Å². The molecular weight excluding hydrogens is 336 g/mol. The Morgan fingerprint density at radius 1 is 1.23 bits per heavy atom. The highest BCUT2D eigenvalue weighted by Gasteiger charge is 2.47. The predicted octanol–water partition coefficient (Wildman–Crippen LogP) is 1.68. The van der Waals surface area contributed by atoms with Crippen molar-refractivity contribution in [3.05, 3.63) is 24.3 Å². The number of benzene rings is 1. The smallest absolute Gasteiger partial charge is 0.260 e. The maximum absolute atomic E-state index is 12.5. The lowest BCUT2D eigenvalue weighted by Gasteiger charge is -2.27. The second kappa shape index (κ2) is 8.05. The van der Waals surface area contributed by atoms with Crippen molar-refractivity contribution in [2.75, 3.05) is 45.3 Å². The first-order valence-electron chi connectivity index (χ1n) is 8.98. The topological polar surface area (TPSA) is 77.1 Å². The molecular formula is C19H26N2O5. The molecule has 3 rings (SSSR count). The molecule has 0 spiro atoms. The van der Waals surface area contributed by atoms with E-state index in [1.54, 1.807) is 36.3 Å². The SMILES string of the molecule is CO[C@@](C)(C(=O)Nc1ccc(OCC(=O)N2CCOCC2)cc1)C1CC1. The molecule has 1 aromatic rings. The van der Waals surface area contributed by atoms with Gasteiger partial charge in [-0.05, 0) is 49.9 Å². The normalized spacial score (nSPS) is 19.5. The first-order chi connectivity index (χ1) is 12.5. The van der Waals surface area contributed by atoms with Crippen LogP contribution in [0.2, 0.25) is 0 Å². The highest BCUT2D eigenvalue weighted by atomic mass is 16.5. The second-order valence-corrected chi connectivity index (χ2v) is 6.85. The lowest BCUT2D eigenvalue weighted by atomic mass is 9.99. The van der Waals surface area contributed by atoms with Crippen LogP contribution in [0.4, 0.5) is 5.69 Å². The van der Waals surface area contributed by atoms with E-state index in [1.807, 2.05) is 6.92 Å². The summed E-state index contributed by atoms with van der Waals surface area (Å²) in [5.41, 5.74) is -0.120. The van der Waals surface area contributed by atoms with E-state index >= 15 is 0 Å². The van der Waals surface area contributed by atoms with E-state index in [0.717, 1.165) is 12.8 Å². The molecule has 1 saturated heterocycles. The van der Waals surface area contributed by atoms with Crippen molar-refractivity contribution in [3.63, 3.8) is 0 Å². The van der Waals surface area contributed by atoms with Crippen molar-refractivity contribution in [1.82, 2.24) is 4.90 Å². The van der Waals surface area contributed by atoms with Crippen LogP contribution in [0.15, 0.2) is 24.3 Å². The number of morpholine rings is 1. The van der Waals surface area contributed by atoms with Crippen molar-refractivity contribution in [3.8, 4) is 5.75 Å². The number of hydrogen-bond donors (Lipinski definition) is 1. The largest absolute Gasteiger partial charge is 0.484 e. The van der Waals surface area contributed by atoms with Gasteiger partial charge >= 0.3 is 0 Å². The molecule has 1 N–H and O–H groups in total. The first kappa shape index (κ1) is 18.7. The summed E-state index contributed by atoms with van der Waals surface area (Å²) in [6, 6.07) is 7.00. The average Bonchev–Trinajstić information content (AvgIpc) is 3.53. The van der Waals surface area contributed by atoms with Crippen LogP contribution in [0, 0.1) is 5.92 Å². The summed E-state index contributed by atoms with van der Waals surface area (Å²) in [7, 11) is 1.57. The van der Waals surface area contributed by atoms with Gasteiger partial charge in [0.05, 0.1) is 13.2 Å². The van der Waals surface area contributed by atoms with Crippen molar-refractivity contribution < 1.29 is 23.8 Å². The summed E-state index contributed by atoms with van der Waals surface area (Å²) >= 11 is 0. The van der Waals surface area contributed by atoms with Crippen LogP contribution >= 0.6 is 0 Å². The van der Waals surface area contributed by atoms with E-state index in [0.29, 0.717) is 37.7 Å². The van der Waals surface area contributed by atoms with Gasteiger partial charge in [-0.2, -0.15) is 0 Å². The number of rotatable bonds is 7. The van der Waals surface area contributed by atoms with Gasteiger partial charge in [0.25, 0.3) is 11.8 Å². The van der Waals surface area contributed by atoms with Crippen LogP contribution in [0.3, 0.4) is 0 Å². The summed E-state index contributed by atoms with van der Waals surface area (Å²) < 4.78 is 16.2. The van der Waals surface area contributed by atoms with E-state index in [1.165, 1.54) is 0 Å². The van der Waals surface area contributed by atoms with E-state index in [4.69, 9.17) is 14.2 Å². The Hall–Kier alpha value is -2.12. The Morgan fingerprint density at radius 3 is 2.46 bits per heavy atom. The highest BCUT2D eigenvalue weighted by molar-refractivity contribution is 5.97. The fourth-order valence-electron chi connectivity index (χ4n) is 3.02. The molecule has 2 fully saturated rings. The monoisotopic (exact) mass is 362 g/mol. The Kier molecular flexibility index (Phi) is 5.78. The van der Waals surface area contributed by atoms with Gasteiger partial charge in [0.15, 0.2) is 6.61 Å². The highest BCUT2D eigenvalue weighted by Crippen LogP contribution is 2.42. The Morgan fingerprint density at radius 2 is 1.88 bits per heavy atom. The number of amides is 2. The van der Waals surface area contributed by atoms with Gasteiger partial charge in [-0.1, -0.05) is 0 Å². The van der Waals surface area contributed by atoms with Crippen LogP contribution < -0.4 is 10.1 Å². The number of ether oxygens (including phenoxy) is 3. The molecule has 26 heavy (non-hydrogen) atoms. The molecule has 0 unspecified atom stereocenters. The Balaban J connectivity index is 1.50. The number of hydrogen-bond acceptors (Lipinski definition) is 5. The molecule has 0 radical (unpaired) electrons. The van der Waals surface area contributed by atoms with Gasteiger partial charge in [0.1, 0.15) is 11.4 Å². The van der Waals surface area contributed by atoms with Crippen molar-refractivity contribution >= 4 is 17.5 Å². The van der Waals surface area contributed by atoms with E-state index in [2.05, 4.69) is 5.32 Å². The molecule has 142 valence electrons. The number of nitrogens with zero attached hydrogens (tertiary/aromatic N) is 1. The third-order valence-corrected chi connectivity index (χ3v) is 5.07. The first-order valence-corrected chi connectivity index (χ1v) is 8.98. The van der Waals surface area contributed by atoms with Crippen molar-refractivity contribution in [2.45, 2.75) is 25.4 Å². The molecule has 2 amide bonds. The summed E-state index contributed by atoms with van der Waals surface area (Å²) in [6.07, 6.45) is 2.03. The molecule has 0 bridgehead atoms. The minimum Gasteiger partial charge on any atom is -0.484 e. The minimum absolute atomic E-state index is 0.00483. The molecule has 1 aliphatic carbocycles. The van der Waals surface area contributed by atoms with Crippen LogP contribution in [-0.4, -0.2) is 62.3 Å². The zero-order valence-corrected chi connectivity index (χ0v) is 15.3. The molecule has 7 nitrogen and oxygen atoms in total. The number of carbonyl (C=O) groups excluding carboxylic acids is 2. The maximum atomic E-state index is 12.5. The van der Waals surface area contributed by atoms with E-state index in [-0.39, 0.29) is 24.3 Å². The number of carbonyl (C=O) groups is 2. The lowest BCUT2D eigenvalue weighted by Crippen LogP contribution is -2.44. The molecule has 1 atom stereocenters. The van der Waals surface area contributed by atoms with Crippen molar-refractivity contribution in [1.29, 1.82) is 0 Å². The maximum Gasteiger partial charge on any atom is 0.260 e. The molecule has 1 saturated carbocycles. The standard InChI is InChI=1S/C19H26N2O5/c1-19(24-2,14-3-4-14)18(23)20-15-5-7-16(8-6-15)26-13-17(22)21-9-11-25-12-10-21/h5-8,14H,3-4,9-13H2,1-2H3,(H,20,23)/t19-/m1/s1. The number of anilines is 1. The van der Waals surface area contributed by atoms with Crippen molar-refractivity contribution in [2.24, 2.45) is 5.92 Å². The fourth-order valence-corrected chi connectivity index (χ4v) is 3.02. The van der Waals surface area contributed by atoms with Gasteiger partial charge in [-0.25, -0.2) is 0 Å². The molecule has 1 aromatic carbocycles. The fraction of sp³-hybridized carbons (Fsp3) is 0.579. The Bertz CT molecular complexity index is 638. The zero-order valence-electron chi connectivity index (χ0n) is 15.3. The third kappa shape index (κ3) is 4.34. The van der Waals surface area contributed by atoms with Crippen LogP contribution in [0.5, 0.6) is 5.75 Å². The van der Waals surface area contributed by atoms with E-state index in [9.17, 15) is 9.59 Å². The van der Waals surface area contributed by atoms with Gasteiger partial charge in [-0.3, -0.25) is 9.59 Å². The summed E-state index contributed by atoms with van der Waals surface area (Å²) in [4.78, 5) is 26.3.